The summed E-state index contributed by atoms with van der Waals surface area (Å²) in [7, 11) is 3.38. The Morgan fingerprint density at radius 2 is 2.00 bits per heavy atom. The molecule has 144 valence electrons. The molecule has 0 atom stereocenters. The van der Waals surface area contributed by atoms with Crippen molar-refractivity contribution in [1.29, 1.82) is 0 Å². The molecule has 8 heteroatoms. The fraction of sp³-hybridized carbons (Fsp3) is 0.368. The summed E-state index contributed by atoms with van der Waals surface area (Å²) in [6, 6.07) is 5.03. The van der Waals surface area contributed by atoms with E-state index in [4.69, 9.17) is 0 Å². The smallest absolute Gasteiger partial charge is 0.340 e. The van der Waals surface area contributed by atoms with Crippen molar-refractivity contribution in [2.75, 3.05) is 13.6 Å². The summed E-state index contributed by atoms with van der Waals surface area (Å²) in [5, 5.41) is 0.401. The van der Waals surface area contributed by atoms with Crippen LogP contribution in [0.5, 0.6) is 0 Å². The van der Waals surface area contributed by atoms with Gasteiger partial charge in [-0.25, -0.2) is 4.98 Å². The fourth-order valence-corrected chi connectivity index (χ4v) is 3.15. The Labute approximate surface area is 155 Å². The Balaban J connectivity index is 1.74. The van der Waals surface area contributed by atoms with E-state index in [1.54, 1.807) is 29.8 Å². The second kappa shape index (κ2) is 7.09. The Kier molecular flexibility index (Phi) is 4.99. The summed E-state index contributed by atoms with van der Waals surface area (Å²) in [6.45, 7) is 3.19. The van der Waals surface area contributed by atoms with Crippen molar-refractivity contribution in [3.8, 4) is 0 Å². The van der Waals surface area contributed by atoms with Crippen LogP contribution in [0.2, 0.25) is 0 Å². The minimum Gasteiger partial charge on any atom is -0.340 e. The van der Waals surface area contributed by atoms with Gasteiger partial charge in [-0.1, -0.05) is 0 Å². The number of carbonyl (C=O) groups is 1. The Hall–Kier alpha value is -2.77. The molecule has 0 bridgehead atoms. The second-order valence-corrected chi connectivity index (χ2v) is 6.61. The van der Waals surface area contributed by atoms with Gasteiger partial charge in [0, 0.05) is 50.5 Å². The molecule has 1 aromatic carbocycles. The molecule has 0 aliphatic rings. The van der Waals surface area contributed by atoms with Gasteiger partial charge < -0.3 is 14.0 Å². The Morgan fingerprint density at radius 3 is 2.63 bits per heavy atom. The number of amides is 1. The van der Waals surface area contributed by atoms with Crippen molar-refractivity contribution >= 4 is 16.8 Å². The highest BCUT2D eigenvalue weighted by atomic mass is 19.4. The summed E-state index contributed by atoms with van der Waals surface area (Å²) < 4.78 is 42.4. The normalized spacial score (nSPS) is 11.9. The topological polar surface area (TPSA) is 43.1 Å². The van der Waals surface area contributed by atoms with Crippen molar-refractivity contribution in [3.05, 3.63) is 53.7 Å². The van der Waals surface area contributed by atoms with Gasteiger partial charge in [-0.2, -0.15) is 13.2 Å². The third-order valence-electron chi connectivity index (χ3n) is 4.75. The summed E-state index contributed by atoms with van der Waals surface area (Å²) >= 11 is 0. The van der Waals surface area contributed by atoms with E-state index in [-0.39, 0.29) is 5.91 Å². The quantitative estimate of drug-likeness (QED) is 0.677. The maximum atomic E-state index is 12.9. The zero-order valence-corrected chi connectivity index (χ0v) is 15.4. The number of rotatable bonds is 5. The first-order chi connectivity index (χ1) is 12.7. The predicted molar refractivity (Wildman–Crippen MR) is 96.5 cm³/mol. The van der Waals surface area contributed by atoms with Gasteiger partial charge in [0.2, 0.25) is 0 Å². The number of hydrogen-bond acceptors (Lipinski definition) is 2. The molecule has 0 spiro atoms. The molecule has 2 heterocycles. The Morgan fingerprint density at radius 1 is 1.26 bits per heavy atom. The van der Waals surface area contributed by atoms with Crippen molar-refractivity contribution in [2.24, 2.45) is 7.05 Å². The molecule has 5 nitrogen and oxygen atoms in total. The molecule has 0 fully saturated rings. The van der Waals surface area contributed by atoms with Crippen LogP contribution in [0.15, 0.2) is 36.7 Å². The van der Waals surface area contributed by atoms with E-state index in [0.717, 1.165) is 30.9 Å². The SMILES string of the molecule is Cc1nccn1CCCN(C)C(=O)c1cc2cc(C(F)(F)F)ccc2n1C. The lowest BCUT2D eigenvalue weighted by molar-refractivity contribution is -0.137. The number of halogens is 3. The number of benzene rings is 1. The highest BCUT2D eigenvalue weighted by molar-refractivity contribution is 5.98. The molecule has 0 saturated carbocycles. The molecule has 1 amide bonds. The second-order valence-electron chi connectivity index (χ2n) is 6.61. The van der Waals surface area contributed by atoms with Crippen LogP contribution in [0.25, 0.3) is 10.9 Å². The maximum absolute atomic E-state index is 12.9. The number of hydrogen-bond donors (Lipinski definition) is 0. The molecular weight excluding hydrogens is 357 g/mol. The van der Waals surface area contributed by atoms with Crippen LogP contribution in [0.4, 0.5) is 13.2 Å². The molecule has 27 heavy (non-hydrogen) atoms. The average molecular weight is 378 g/mol. The van der Waals surface area contributed by atoms with Crippen molar-refractivity contribution in [1.82, 2.24) is 19.0 Å². The van der Waals surface area contributed by atoms with Crippen LogP contribution >= 0.6 is 0 Å². The monoisotopic (exact) mass is 378 g/mol. The van der Waals surface area contributed by atoms with Gasteiger partial charge in [-0.3, -0.25) is 4.79 Å². The van der Waals surface area contributed by atoms with E-state index < -0.39 is 11.7 Å². The molecule has 0 aliphatic carbocycles. The minimum absolute atomic E-state index is 0.218. The van der Waals surface area contributed by atoms with E-state index in [0.29, 0.717) is 23.1 Å². The first-order valence-corrected chi connectivity index (χ1v) is 8.58. The molecule has 3 rings (SSSR count). The van der Waals surface area contributed by atoms with Crippen LogP contribution in [0.1, 0.15) is 28.3 Å². The highest BCUT2D eigenvalue weighted by Crippen LogP contribution is 2.32. The molecule has 0 N–H and O–H groups in total. The maximum Gasteiger partial charge on any atom is 0.416 e. The van der Waals surface area contributed by atoms with Gasteiger partial charge in [0.25, 0.3) is 5.91 Å². The highest BCUT2D eigenvalue weighted by Gasteiger charge is 2.31. The zero-order chi connectivity index (χ0) is 19.8. The van der Waals surface area contributed by atoms with E-state index in [1.165, 1.54) is 12.1 Å². The molecule has 0 radical (unpaired) electrons. The first kappa shape index (κ1) is 19.0. The van der Waals surface area contributed by atoms with E-state index in [9.17, 15) is 18.0 Å². The third-order valence-corrected chi connectivity index (χ3v) is 4.75. The lowest BCUT2D eigenvalue weighted by Gasteiger charge is -2.18. The van der Waals surface area contributed by atoms with Gasteiger partial charge in [-0.15, -0.1) is 0 Å². The predicted octanol–water partition coefficient (Wildman–Crippen LogP) is 3.86. The first-order valence-electron chi connectivity index (χ1n) is 8.58. The number of aryl methyl sites for hydroxylation is 3. The summed E-state index contributed by atoms with van der Waals surface area (Å²) in [5.41, 5.74) is 0.239. The number of nitrogens with zero attached hydrogens (tertiary/aromatic N) is 4. The van der Waals surface area contributed by atoms with Crippen LogP contribution in [0, 0.1) is 6.92 Å². The van der Waals surface area contributed by atoms with Crippen LogP contribution in [0.3, 0.4) is 0 Å². The molecule has 3 aromatic rings. The van der Waals surface area contributed by atoms with Gasteiger partial charge >= 0.3 is 6.18 Å². The van der Waals surface area contributed by atoms with Gasteiger partial charge in [0.15, 0.2) is 0 Å². The van der Waals surface area contributed by atoms with Crippen molar-refractivity contribution < 1.29 is 18.0 Å². The molecule has 0 unspecified atom stereocenters. The zero-order valence-electron chi connectivity index (χ0n) is 15.4. The number of fused-ring (bicyclic) bond motifs is 1. The lowest BCUT2D eigenvalue weighted by atomic mass is 10.1. The Bertz CT molecular complexity index is 971. The van der Waals surface area contributed by atoms with Crippen molar-refractivity contribution in [2.45, 2.75) is 26.1 Å². The van der Waals surface area contributed by atoms with E-state index in [2.05, 4.69) is 4.98 Å². The molecular formula is C19H21F3N4O. The molecule has 0 saturated heterocycles. The van der Waals surface area contributed by atoms with E-state index in [1.807, 2.05) is 17.7 Å². The standard InChI is InChI=1S/C19H21F3N4O/c1-13-23-7-10-26(13)9-4-8-24(2)18(27)17-12-14-11-15(19(20,21)22)5-6-16(14)25(17)3/h5-7,10-12H,4,8-9H2,1-3H3. The molecule has 2 aromatic heterocycles. The van der Waals surface area contributed by atoms with Gasteiger partial charge in [-0.05, 0) is 37.6 Å². The van der Waals surface area contributed by atoms with Gasteiger partial charge in [0.1, 0.15) is 11.5 Å². The van der Waals surface area contributed by atoms with Crippen LogP contribution in [-0.4, -0.2) is 38.5 Å². The average Bonchev–Trinajstić information content (AvgIpc) is 3.16. The largest absolute Gasteiger partial charge is 0.416 e. The third kappa shape index (κ3) is 3.84. The number of alkyl halides is 3. The molecule has 0 aliphatic heterocycles. The van der Waals surface area contributed by atoms with Crippen LogP contribution < -0.4 is 0 Å². The number of imidazole rings is 1. The fourth-order valence-electron chi connectivity index (χ4n) is 3.15. The lowest BCUT2D eigenvalue weighted by Crippen LogP contribution is -2.29. The van der Waals surface area contributed by atoms with Gasteiger partial charge in [0.05, 0.1) is 5.56 Å². The van der Waals surface area contributed by atoms with Crippen molar-refractivity contribution in [3.63, 3.8) is 0 Å². The van der Waals surface area contributed by atoms with Crippen LogP contribution in [-0.2, 0) is 19.8 Å². The minimum atomic E-state index is -4.41. The summed E-state index contributed by atoms with van der Waals surface area (Å²) in [5.74, 6) is 0.697. The van der Waals surface area contributed by atoms with E-state index >= 15 is 0 Å². The number of carbonyl (C=O) groups excluding carboxylic acids is 1. The number of aromatic nitrogens is 3. The summed E-state index contributed by atoms with van der Waals surface area (Å²) in [6.07, 6.45) is -0.0354. The summed E-state index contributed by atoms with van der Waals surface area (Å²) in [4.78, 5) is 18.5.